The Bertz CT molecular complexity index is 604. The molecule has 2 aromatic rings. The average Bonchev–Trinajstić information content (AvgIpc) is 2.40. The van der Waals surface area contributed by atoms with Crippen LogP contribution < -0.4 is 4.74 Å². The molecule has 96 valence electrons. The molecule has 0 fully saturated rings. The minimum absolute atomic E-state index is 0.443. The summed E-state index contributed by atoms with van der Waals surface area (Å²) in [5, 5.41) is 1.17. The van der Waals surface area contributed by atoms with Crippen molar-refractivity contribution in [3.63, 3.8) is 0 Å². The Balaban J connectivity index is 2.02. The molecule has 0 saturated carbocycles. The van der Waals surface area contributed by atoms with Crippen LogP contribution in [0.4, 0.5) is 0 Å². The Kier molecular flexibility index (Phi) is 4.61. The third-order valence-corrected chi connectivity index (χ3v) is 2.93. The van der Waals surface area contributed by atoms with E-state index in [1.165, 1.54) is 6.08 Å². The second-order valence-electron chi connectivity index (χ2n) is 3.73. The van der Waals surface area contributed by atoms with Crippen molar-refractivity contribution in [3.05, 3.63) is 70.2 Å². The molecular formula is C15H10Cl2O2. The average molecular weight is 293 g/mol. The van der Waals surface area contributed by atoms with Crippen LogP contribution in [-0.4, -0.2) is 5.97 Å². The molecule has 0 heterocycles. The standard InChI is InChI=1S/C15H10Cl2O2/c16-12-6-8-13(9-7-12)19-15(18)10-5-11-3-1-2-4-14(11)17/h1-10H/b10-5+. The van der Waals surface area contributed by atoms with E-state index in [1.807, 2.05) is 18.2 Å². The first-order valence-corrected chi connectivity index (χ1v) is 6.31. The highest BCUT2D eigenvalue weighted by molar-refractivity contribution is 6.32. The zero-order valence-electron chi connectivity index (χ0n) is 9.85. The van der Waals surface area contributed by atoms with Crippen molar-refractivity contribution in [3.8, 4) is 5.75 Å². The monoisotopic (exact) mass is 292 g/mol. The molecule has 0 aliphatic heterocycles. The molecular weight excluding hydrogens is 283 g/mol. The second kappa shape index (κ2) is 6.41. The summed E-state index contributed by atoms with van der Waals surface area (Å²) in [4.78, 5) is 11.6. The maximum Gasteiger partial charge on any atom is 0.336 e. The lowest BCUT2D eigenvalue weighted by molar-refractivity contribution is -0.128. The van der Waals surface area contributed by atoms with Crippen LogP contribution >= 0.6 is 23.2 Å². The van der Waals surface area contributed by atoms with Gasteiger partial charge in [0.05, 0.1) is 0 Å². The van der Waals surface area contributed by atoms with Crippen molar-refractivity contribution in [2.75, 3.05) is 0 Å². The van der Waals surface area contributed by atoms with Crippen LogP contribution in [0.3, 0.4) is 0 Å². The van der Waals surface area contributed by atoms with Gasteiger partial charge in [-0.2, -0.15) is 0 Å². The Morgan fingerprint density at radius 2 is 1.68 bits per heavy atom. The second-order valence-corrected chi connectivity index (χ2v) is 4.57. The van der Waals surface area contributed by atoms with Gasteiger partial charge in [0.2, 0.25) is 0 Å². The third kappa shape index (κ3) is 4.12. The number of benzene rings is 2. The van der Waals surface area contributed by atoms with Crippen LogP contribution in [0.2, 0.25) is 10.0 Å². The molecule has 0 bridgehead atoms. The van der Waals surface area contributed by atoms with Crippen LogP contribution in [-0.2, 0) is 4.79 Å². The lowest BCUT2D eigenvalue weighted by Crippen LogP contribution is -2.03. The fourth-order valence-corrected chi connectivity index (χ4v) is 1.75. The normalized spacial score (nSPS) is 10.6. The molecule has 2 rings (SSSR count). The largest absolute Gasteiger partial charge is 0.423 e. The van der Waals surface area contributed by atoms with Gasteiger partial charge in [0.25, 0.3) is 0 Å². The Hall–Kier alpha value is -1.77. The van der Waals surface area contributed by atoms with Gasteiger partial charge in [0, 0.05) is 16.1 Å². The van der Waals surface area contributed by atoms with Crippen LogP contribution in [0.25, 0.3) is 6.08 Å². The Labute approximate surface area is 121 Å². The van der Waals surface area contributed by atoms with Gasteiger partial charge in [0.1, 0.15) is 5.75 Å². The first-order valence-electron chi connectivity index (χ1n) is 5.55. The molecule has 0 atom stereocenters. The molecule has 19 heavy (non-hydrogen) atoms. The van der Waals surface area contributed by atoms with Crippen molar-refractivity contribution in [1.82, 2.24) is 0 Å². The number of halogens is 2. The fourth-order valence-electron chi connectivity index (χ4n) is 1.42. The van der Waals surface area contributed by atoms with E-state index in [4.69, 9.17) is 27.9 Å². The fraction of sp³-hybridized carbons (Fsp3) is 0. The zero-order chi connectivity index (χ0) is 13.7. The lowest BCUT2D eigenvalue weighted by atomic mass is 10.2. The van der Waals surface area contributed by atoms with Gasteiger partial charge < -0.3 is 4.74 Å². The van der Waals surface area contributed by atoms with E-state index >= 15 is 0 Å². The molecule has 0 N–H and O–H groups in total. The summed E-state index contributed by atoms with van der Waals surface area (Å²) < 4.78 is 5.10. The first kappa shape index (κ1) is 13.7. The number of carbonyl (C=O) groups is 1. The molecule has 0 saturated heterocycles. The number of carbonyl (C=O) groups excluding carboxylic acids is 1. The summed E-state index contributed by atoms with van der Waals surface area (Å²) in [5.74, 6) is -0.0274. The van der Waals surface area contributed by atoms with E-state index < -0.39 is 5.97 Å². The predicted octanol–water partition coefficient (Wildman–Crippen LogP) is 4.61. The van der Waals surface area contributed by atoms with Gasteiger partial charge in [0.15, 0.2) is 0 Å². The maximum atomic E-state index is 11.6. The lowest BCUT2D eigenvalue weighted by Gasteiger charge is -2.01. The van der Waals surface area contributed by atoms with Gasteiger partial charge in [-0.15, -0.1) is 0 Å². The van der Waals surface area contributed by atoms with Crippen LogP contribution in [0.15, 0.2) is 54.6 Å². The molecule has 0 spiro atoms. The summed E-state index contributed by atoms with van der Waals surface area (Å²) >= 11 is 11.7. The van der Waals surface area contributed by atoms with Crippen LogP contribution in [0, 0.1) is 0 Å². The summed E-state index contributed by atoms with van der Waals surface area (Å²) in [6.45, 7) is 0. The van der Waals surface area contributed by atoms with Gasteiger partial charge in [-0.1, -0.05) is 41.4 Å². The minimum atomic E-state index is -0.470. The zero-order valence-corrected chi connectivity index (χ0v) is 11.4. The minimum Gasteiger partial charge on any atom is -0.423 e. The van der Waals surface area contributed by atoms with E-state index in [9.17, 15) is 4.79 Å². The summed E-state index contributed by atoms with van der Waals surface area (Å²) in [5.41, 5.74) is 0.761. The molecule has 0 aliphatic rings. The Morgan fingerprint density at radius 1 is 1.00 bits per heavy atom. The predicted molar refractivity (Wildman–Crippen MR) is 77.6 cm³/mol. The number of esters is 1. The Morgan fingerprint density at radius 3 is 2.37 bits per heavy atom. The van der Waals surface area contributed by atoms with E-state index in [0.29, 0.717) is 15.8 Å². The highest BCUT2D eigenvalue weighted by Gasteiger charge is 2.01. The van der Waals surface area contributed by atoms with Crippen molar-refractivity contribution in [1.29, 1.82) is 0 Å². The highest BCUT2D eigenvalue weighted by Crippen LogP contribution is 2.18. The summed E-state index contributed by atoms with van der Waals surface area (Å²) in [6, 6.07) is 13.8. The summed E-state index contributed by atoms with van der Waals surface area (Å²) in [6.07, 6.45) is 2.94. The van der Waals surface area contributed by atoms with E-state index in [-0.39, 0.29) is 0 Å². The molecule has 0 amide bonds. The number of ether oxygens (including phenoxy) is 1. The topological polar surface area (TPSA) is 26.3 Å². The maximum absolute atomic E-state index is 11.6. The van der Waals surface area contributed by atoms with Crippen LogP contribution in [0.5, 0.6) is 5.75 Å². The smallest absolute Gasteiger partial charge is 0.336 e. The van der Waals surface area contributed by atoms with Gasteiger partial charge in [-0.25, -0.2) is 4.79 Å². The molecule has 2 aromatic carbocycles. The summed E-state index contributed by atoms with van der Waals surface area (Å²) in [7, 11) is 0. The van der Waals surface area contributed by atoms with Crippen molar-refractivity contribution in [2.24, 2.45) is 0 Å². The number of hydrogen-bond acceptors (Lipinski definition) is 2. The van der Waals surface area contributed by atoms with Crippen molar-refractivity contribution >= 4 is 35.2 Å². The van der Waals surface area contributed by atoms with E-state index in [2.05, 4.69) is 0 Å². The third-order valence-electron chi connectivity index (χ3n) is 2.34. The van der Waals surface area contributed by atoms with Crippen LogP contribution in [0.1, 0.15) is 5.56 Å². The van der Waals surface area contributed by atoms with Gasteiger partial charge >= 0.3 is 5.97 Å². The molecule has 4 heteroatoms. The molecule has 0 aliphatic carbocycles. The molecule has 2 nitrogen and oxygen atoms in total. The number of rotatable bonds is 3. The van der Waals surface area contributed by atoms with Crippen molar-refractivity contribution in [2.45, 2.75) is 0 Å². The van der Waals surface area contributed by atoms with Gasteiger partial charge in [-0.05, 0) is 42.0 Å². The quantitative estimate of drug-likeness (QED) is 0.469. The number of hydrogen-bond donors (Lipinski definition) is 0. The van der Waals surface area contributed by atoms with E-state index in [1.54, 1.807) is 36.4 Å². The molecule has 0 radical (unpaired) electrons. The highest BCUT2D eigenvalue weighted by atomic mass is 35.5. The van der Waals surface area contributed by atoms with Gasteiger partial charge in [-0.3, -0.25) is 0 Å². The molecule has 0 unspecified atom stereocenters. The van der Waals surface area contributed by atoms with Crippen molar-refractivity contribution < 1.29 is 9.53 Å². The first-order chi connectivity index (χ1) is 9.15. The van der Waals surface area contributed by atoms with E-state index in [0.717, 1.165) is 5.56 Å². The molecule has 0 aromatic heterocycles. The SMILES string of the molecule is O=C(/C=C/c1ccccc1Cl)Oc1ccc(Cl)cc1.